The first-order valence-corrected chi connectivity index (χ1v) is 9.92. The van der Waals surface area contributed by atoms with Crippen molar-refractivity contribution in [2.24, 2.45) is 0 Å². The molecule has 1 saturated heterocycles. The minimum Gasteiger partial charge on any atom is -0.370 e. The average Bonchev–Trinajstić information content (AvgIpc) is 3.02. The number of nitrogens with zero attached hydrogens (tertiary/aromatic N) is 6. The van der Waals surface area contributed by atoms with Crippen LogP contribution in [0.25, 0.3) is 17.0 Å². The third-order valence-corrected chi connectivity index (χ3v) is 5.38. The molecule has 0 atom stereocenters. The van der Waals surface area contributed by atoms with E-state index in [0.717, 1.165) is 44.1 Å². The van der Waals surface area contributed by atoms with Gasteiger partial charge in [0.15, 0.2) is 11.5 Å². The summed E-state index contributed by atoms with van der Waals surface area (Å²) in [5, 5.41) is 13.0. The van der Waals surface area contributed by atoms with Crippen LogP contribution in [0, 0.1) is 11.6 Å². The predicted octanol–water partition coefficient (Wildman–Crippen LogP) is 3.79. The molecule has 0 spiro atoms. The lowest BCUT2D eigenvalue weighted by atomic mass is 10.2. The average molecular weight is 406 g/mol. The molecule has 0 radical (unpaired) electrons. The Bertz CT molecular complexity index is 1170. The molecule has 0 unspecified atom stereocenters. The van der Waals surface area contributed by atoms with Gasteiger partial charge in [0, 0.05) is 31.9 Å². The number of aromatic nitrogens is 4. The fraction of sp³-hybridized carbons (Fsp3) is 0.227. The number of benzene rings is 2. The fourth-order valence-electron chi connectivity index (χ4n) is 3.82. The molecule has 0 saturated carbocycles. The Morgan fingerprint density at radius 1 is 0.733 bits per heavy atom. The van der Waals surface area contributed by atoms with E-state index >= 15 is 0 Å². The summed E-state index contributed by atoms with van der Waals surface area (Å²) in [4.78, 5) is 4.45. The maximum absolute atomic E-state index is 14.3. The third kappa shape index (κ3) is 3.45. The standard InChI is InChI=1S/C22H20F2N6/c23-16-6-8-17(9-7-16)28-12-3-13-29(15-14-28)21-11-10-20-25-26-22(30(20)27-21)18-4-1-2-5-19(18)24/h1-2,4-11H,3,12-15H2. The van der Waals surface area contributed by atoms with Gasteiger partial charge in [0.1, 0.15) is 17.5 Å². The van der Waals surface area contributed by atoms with Crippen LogP contribution in [0.4, 0.5) is 20.3 Å². The van der Waals surface area contributed by atoms with Crippen molar-refractivity contribution >= 4 is 17.2 Å². The molecule has 8 heteroatoms. The maximum atomic E-state index is 14.3. The van der Waals surface area contributed by atoms with Gasteiger partial charge in [-0.05, 0) is 55.0 Å². The predicted molar refractivity (Wildman–Crippen MR) is 112 cm³/mol. The Labute approximate surface area is 172 Å². The molecule has 0 amide bonds. The molecular formula is C22H20F2N6. The highest BCUT2D eigenvalue weighted by atomic mass is 19.1. The monoisotopic (exact) mass is 406 g/mol. The van der Waals surface area contributed by atoms with Crippen molar-refractivity contribution < 1.29 is 8.78 Å². The second-order valence-corrected chi connectivity index (χ2v) is 7.27. The number of fused-ring (bicyclic) bond motifs is 1. The van der Waals surface area contributed by atoms with Gasteiger partial charge in [-0.1, -0.05) is 12.1 Å². The molecule has 1 aliphatic heterocycles. The van der Waals surface area contributed by atoms with Gasteiger partial charge >= 0.3 is 0 Å². The Balaban J connectivity index is 1.41. The van der Waals surface area contributed by atoms with Crippen molar-refractivity contribution in [3.63, 3.8) is 0 Å². The van der Waals surface area contributed by atoms with Gasteiger partial charge in [-0.3, -0.25) is 0 Å². The Morgan fingerprint density at radius 3 is 2.33 bits per heavy atom. The van der Waals surface area contributed by atoms with E-state index in [4.69, 9.17) is 5.10 Å². The molecular weight excluding hydrogens is 386 g/mol. The van der Waals surface area contributed by atoms with Crippen LogP contribution >= 0.6 is 0 Å². The zero-order chi connectivity index (χ0) is 20.5. The topological polar surface area (TPSA) is 49.6 Å². The molecule has 5 rings (SSSR count). The van der Waals surface area contributed by atoms with Gasteiger partial charge in [0.2, 0.25) is 0 Å². The molecule has 0 bridgehead atoms. The molecule has 1 aliphatic rings. The summed E-state index contributed by atoms with van der Waals surface area (Å²) >= 11 is 0. The van der Waals surface area contributed by atoms with Gasteiger partial charge in [0.25, 0.3) is 0 Å². The molecule has 152 valence electrons. The highest BCUT2D eigenvalue weighted by Crippen LogP contribution is 2.23. The fourth-order valence-corrected chi connectivity index (χ4v) is 3.82. The van der Waals surface area contributed by atoms with E-state index in [-0.39, 0.29) is 11.6 Å². The minimum absolute atomic E-state index is 0.229. The van der Waals surface area contributed by atoms with Crippen LogP contribution in [-0.4, -0.2) is 46.0 Å². The van der Waals surface area contributed by atoms with E-state index in [9.17, 15) is 8.78 Å². The Kier molecular flexibility index (Phi) is 4.74. The molecule has 4 aromatic rings. The Hall–Kier alpha value is -3.55. The normalized spacial score (nSPS) is 14.9. The number of halogens is 2. The van der Waals surface area contributed by atoms with Crippen LogP contribution in [0.2, 0.25) is 0 Å². The molecule has 0 aliphatic carbocycles. The first-order chi connectivity index (χ1) is 14.7. The largest absolute Gasteiger partial charge is 0.370 e. The first kappa shape index (κ1) is 18.5. The summed E-state index contributed by atoms with van der Waals surface area (Å²) < 4.78 is 29.1. The second-order valence-electron chi connectivity index (χ2n) is 7.27. The van der Waals surface area contributed by atoms with Crippen molar-refractivity contribution in [2.75, 3.05) is 36.0 Å². The lowest BCUT2D eigenvalue weighted by Gasteiger charge is -2.24. The summed E-state index contributed by atoms with van der Waals surface area (Å²) in [7, 11) is 0. The van der Waals surface area contributed by atoms with E-state index in [1.807, 2.05) is 24.3 Å². The van der Waals surface area contributed by atoms with Gasteiger partial charge in [-0.2, -0.15) is 4.52 Å². The van der Waals surface area contributed by atoms with Crippen molar-refractivity contribution in [1.82, 2.24) is 19.8 Å². The lowest BCUT2D eigenvalue weighted by molar-refractivity contribution is 0.627. The van der Waals surface area contributed by atoms with Crippen LogP contribution in [-0.2, 0) is 0 Å². The van der Waals surface area contributed by atoms with E-state index in [1.165, 1.54) is 18.2 Å². The van der Waals surface area contributed by atoms with Crippen LogP contribution in [0.3, 0.4) is 0 Å². The third-order valence-electron chi connectivity index (χ3n) is 5.38. The Morgan fingerprint density at radius 2 is 1.50 bits per heavy atom. The van der Waals surface area contributed by atoms with Gasteiger partial charge in [-0.25, -0.2) is 8.78 Å². The second kappa shape index (κ2) is 7.70. The van der Waals surface area contributed by atoms with Gasteiger partial charge in [-0.15, -0.1) is 15.3 Å². The highest BCUT2D eigenvalue weighted by molar-refractivity contribution is 5.60. The summed E-state index contributed by atoms with van der Waals surface area (Å²) in [6.07, 6.45) is 0.944. The molecule has 0 N–H and O–H groups in total. The zero-order valence-corrected chi connectivity index (χ0v) is 16.2. The van der Waals surface area contributed by atoms with E-state index in [2.05, 4.69) is 20.0 Å². The quantitative estimate of drug-likeness (QED) is 0.518. The molecule has 2 aromatic carbocycles. The number of hydrogen-bond acceptors (Lipinski definition) is 5. The van der Waals surface area contributed by atoms with Crippen LogP contribution < -0.4 is 9.80 Å². The first-order valence-electron chi connectivity index (χ1n) is 9.92. The maximum Gasteiger partial charge on any atom is 0.188 e. The molecule has 3 heterocycles. The zero-order valence-electron chi connectivity index (χ0n) is 16.2. The summed E-state index contributed by atoms with van der Waals surface area (Å²) in [6.45, 7) is 3.30. The lowest BCUT2D eigenvalue weighted by Crippen LogP contribution is -2.31. The molecule has 6 nitrogen and oxygen atoms in total. The van der Waals surface area contributed by atoms with Crippen molar-refractivity contribution in [2.45, 2.75) is 6.42 Å². The molecule has 30 heavy (non-hydrogen) atoms. The number of anilines is 2. The SMILES string of the molecule is Fc1ccc(N2CCCN(c3ccc4nnc(-c5ccccc5F)n4n3)CC2)cc1. The van der Waals surface area contributed by atoms with Gasteiger partial charge < -0.3 is 9.80 Å². The van der Waals surface area contributed by atoms with E-state index in [0.29, 0.717) is 17.0 Å². The summed E-state index contributed by atoms with van der Waals surface area (Å²) in [5.74, 6) is 0.588. The number of rotatable bonds is 3. The number of hydrogen-bond donors (Lipinski definition) is 0. The highest BCUT2D eigenvalue weighted by Gasteiger charge is 2.19. The van der Waals surface area contributed by atoms with Crippen LogP contribution in [0.5, 0.6) is 0 Å². The van der Waals surface area contributed by atoms with Crippen LogP contribution in [0.15, 0.2) is 60.7 Å². The summed E-state index contributed by atoms with van der Waals surface area (Å²) in [5.41, 5.74) is 1.95. The van der Waals surface area contributed by atoms with E-state index in [1.54, 1.807) is 22.7 Å². The molecule has 1 fully saturated rings. The molecule has 2 aromatic heterocycles. The minimum atomic E-state index is -0.358. The summed E-state index contributed by atoms with van der Waals surface area (Å²) in [6, 6.07) is 16.9. The van der Waals surface area contributed by atoms with Crippen molar-refractivity contribution in [3.05, 3.63) is 72.3 Å². The van der Waals surface area contributed by atoms with Crippen LogP contribution in [0.1, 0.15) is 6.42 Å². The van der Waals surface area contributed by atoms with Crippen molar-refractivity contribution in [1.29, 1.82) is 0 Å². The van der Waals surface area contributed by atoms with E-state index < -0.39 is 0 Å². The van der Waals surface area contributed by atoms with Crippen molar-refractivity contribution in [3.8, 4) is 11.4 Å². The smallest absolute Gasteiger partial charge is 0.188 e. The van der Waals surface area contributed by atoms with Gasteiger partial charge in [0.05, 0.1) is 5.56 Å².